The molecule has 110 valence electrons. The lowest BCUT2D eigenvalue weighted by molar-refractivity contribution is -0.142. The summed E-state index contributed by atoms with van der Waals surface area (Å²) in [6.45, 7) is 3.82. The normalized spacial score (nSPS) is 12.0. The van der Waals surface area contributed by atoms with E-state index in [-0.39, 0.29) is 12.5 Å². The second-order valence-electron chi connectivity index (χ2n) is 4.71. The number of rotatable bonds is 6. The summed E-state index contributed by atoms with van der Waals surface area (Å²) in [4.78, 5) is 25.3. The first-order valence-corrected chi connectivity index (χ1v) is 7.95. The van der Waals surface area contributed by atoms with E-state index < -0.39 is 11.9 Å². The molecule has 0 aliphatic rings. The zero-order valence-corrected chi connectivity index (χ0v) is 14.1. The van der Waals surface area contributed by atoms with Crippen molar-refractivity contribution in [3.05, 3.63) is 28.2 Å². The molecule has 0 aromatic heterocycles. The van der Waals surface area contributed by atoms with Crippen molar-refractivity contribution in [2.24, 2.45) is 5.92 Å². The zero-order valence-electron chi connectivity index (χ0n) is 11.7. The van der Waals surface area contributed by atoms with Gasteiger partial charge in [-0.05, 0) is 30.7 Å². The smallest absolute Gasteiger partial charge is 0.308 e. The summed E-state index contributed by atoms with van der Waals surface area (Å²) in [7, 11) is 1.64. The average Bonchev–Trinajstić information content (AvgIpc) is 2.37. The Bertz CT molecular complexity index is 507. The number of hydrogen-bond acceptors (Lipinski definition) is 3. The van der Waals surface area contributed by atoms with Gasteiger partial charge in [-0.25, -0.2) is 0 Å². The minimum atomic E-state index is -0.888. The summed E-state index contributed by atoms with van der Waals surface area (Å²) in [5.74, 6) is -1.19. The van der Waals surface area contributed by atoms with E-state index in [1.54, 1.807) is 14.0 Å². The Morgan fingerprint density at radius 3 is 2.65 bits per heavy atom. The molecule has 0 saturated heterocycles. The summed E-state index contributed by atoms with van der Waals surface area (Å²) in [6, 6.07) is 5.91. The number of carbonyl (C=O) groups excluding carboxylic acids is 1. The van der Waals surface area contributed by atoms with E-state index in [2.05, 4.69) is 15.9 Å². The highest BCUT2D eigenvalue weighted by Crippen LogP contribution is 2.25. The molecule has 20 heavy (non-hydrogen) atoms. The van der Waals surface area contributed by atoms with E-state index in [1.165, 1.54) is 16.7 Å². The fraction of sp³-hybridized carbons (Fsp3) is 0.429. The Morgan fingerprint density at radius 1 is 1.45 bits per heavy atom. The third-order valence-electron chi connectivity index (χ3n) is 2.88. The van der Waals surface area contributed by atoms with Gasteiger partial charge in [0.05, 0.1) is 11.7 Å². The summed E-state index contributed by atoms with van der Waals surface area (Å²) < 4.78 is 1.01. The molecule has 1 N–H and O–H groups in total. The maximum atomic E-state index is 12.0. The first-order chi connectivity index (χ1) is 9.31. The summed E-state index contributed by atoms with van der Waals surface area (Å²) in [5.41, 5.74) is 1.11. The van der Waals surface area contributed by atoms with Gasteiger partial charge < -0.3 is 10.0 Å². The van der Waals surface area contributed by atoms with Gasteiger partial charge in [0, 0.05) is 23.0 Å². The molecule has 1 aromatic carbocycles. The number of carbonyl (C=O) groups is 2. The molecule has 0 aliphatic carbocycles. The van der Waals surface area contributed by atoms with Gasteiger partial charge in [0.1, 0.15) is 0 Å². The molecule has 0 spiro atoms. The van der Waals surface area contributed by atoms with Crippen LogP contribution in [0.5, 0.6) is 0 Å². The predicted molar refractivity (Wildman–Crippen MR) is 84.0 cm³/mol. The molecular weight excluding hydrogens is 342 g/mol. The van der Waals surface area contributed by atoms with Crippen LogP contribution >= 0.6 is 27.7 Å². The SMILES string of the molecule is Cc1cc(Br)ccc1SCC(=O)N(C)CC(C)C(=O)O. The lowest BCUT2D eigenvalue weighted by Crippen LogP contribution is -2.34. The van der Waals surface area contributed by atoms with Crippen molar-refractivity contribution < 1.29 is 14.7 Å². The van der Waals surface area contributed by atoms with Crippen LogP contribution in [-0.2, 0) is 9.59 Å². The molecule has 0 radical (unpaired) electrons. The van der Waals surface area contributed by atoms with Gasteiger partial charge in [-0.2, -0.15) is 0 Å². The Morgan fingerprint density at radius 2 is 2.10 bits per heavy atom. The quantitative estimate of drug-likeness (QED) is 0.793. The second-order valence-corrected chi connectivity index (χ2v) is 6.64. The number of nitrogens with zero attached hydrogens (tertiary/aromatic N) is 1. The average molecular weight is 360 g/mol. The minimum Gasteiger partial charge on any atom is -0.481 e. The lowest BCUT2D eigenvalue weighted by atomic mass is 10.2. The predicted octanol–water partition coefficient (Wildman–Crippen LogP) is 3.03. The van der Waals surface area contributed by atoms with E-state index in [0.29, 0.717) is 5.75 Å². The van der Waals surface area contributed by atoms with Crippen LogP contribution in [0.15, 0.2) is 27.6 Å². The number of thioether (sulfide) groups is 1. The summed E-state index contributed by atoms with van der Waals surface area (Å²) in [6.07, 6.45) is 0. The van der Waals surface area contributed by atoms with Crippen LogP contribution in [0.25, 0.3) is 0 Å². The Balaban J connectivity index is 2.52. The minimum absolute atomic E-state index is 0.0644. The van der Waals surface area contributed by atoms with Gasteiger partial charge in [0.2, 0.25) is 5.91 Å². The van der Waals surface area contributed by atoms with Crippen LogP contribution < -0.4 is 0 Å². The van der Waals surface area contributed by atoms with Crippen LogP contribution in [0.1, 0.15) is 12.5 Å². The number of carboxylic acid groups (broad SMARTS) is 1. The number of amides is 1. The monoisotopic (exact) mass is 359 g/mol. The van der Waals surface area contributed by atoms with Crippen molar-refractivity contribution >= 4 is 39.6 Å². The van der Waals surface area contributed by atoms with E-state index in [0.717, 1.165) is 14.9 Å². The number of halogens is 1. The lowest BCUT2D eigenvalue weighted by Gasteiger charge is -2.19. The van der Waals surface area contributed by atoms with Crippen LogP contribution in [-0.4, -0.2) is 41.2 Å². The topological polar surface area (TPSA) is 57.6 Å². The molecule has 1 atom stereocenters. The van der Waals surface area contributed by atoms with Crippen LogP contribution in [0.2, 0.25) is 0 Å². The second kappa shape index (κ2) is 7.69. The van der Waals surface area contributed by atoms with E-state index in [9.17, 15) is 9.59 Å². The van der Waals surface area contributed by atoms with E-state index >= 15 is 0 Å². The highest BCUT2D eigenvalue weighted by Gasteiger charge is 2.17. The van der Waals surface area contributed by atoms with Crippen LogP contribution in [0.4, 0.5) is 0 Å². The first-order valence-electron chi connectivity index (χ1n) is 6.17. The van der Waals surface area contributed by atoms with Gasteiger partial charge in [0.25, 0.3) is 0 Å². The Labute approximate surface area is 131 Å². The number of carboxylic acids is 1. The third kappa shape index (κ3) is 5.17. The summed E-state index contributed by atoms with van der Waals surface area (Å²) >= 11 is 4.87. The van der Waals surface area contributed by atoms with Crippen molar-refractivity contribution in [1.82, 2.24) is 4.90 Å². The number of benzene rings is 1. The molecule has 1 unspecified atom stereocenters. The Hall–Kier alpha value is -1.01. The fourth-order valence-electron chi connectivity index (χ4n) is 1.62. The third-order valence-corrected chi connectivity index (χ3v) is 4.54. The van der Waals surface area contributed by atoms with E-state index in [1.807, 2.05) is 25.1 Å². The Kier molecular flexibility index (Phi) is 6.55. The fourth-order valence-corrected chi connectivity index (χ4v) is 3.04. The maximum Gasteiger partial charge on any atom is 0.308 e. The van der Waals surface area contributed by atoms with Gasteiger partial charge in [-0.15, -0.1) is 11.8 Å². The zero-order chi connectivity index (χ0) is 15.3. The molecule has 1 aromatic rings. The molecule has 4 nitrogen and oxygen atoms in total. The van der Waals surface area contributed by atoms with E-state index in [4.69, 9.17) is 5.11 Å². The molecule has 1 rings (SSSR count). The molecular formula is C14H18BrNO3S. The van der Waals surface area contributed by atoms with Crippen molar-refractivity contribution in [3.8, 4) is 0 Å². The van der Waals surface area contributed by atoms with Crippen molar-refractivity contribution in [3.63, 3.8) is 0 Å². The maximum absolute atomic E-state index is 12.0. The highest BCUT2D eigenvalue weighted by atomic mass is 79.9. The van der Waals surface area contributed by atoms with Crippen LogP contribution in [0, 0.1) is 12.8 Å². The van der Waals surface area contributed by atoms with Gasteiger partial charge in [-0.1, -0.05) is 22.9 Å². The number of aryl methyl sites for hydroxylation is 1. The van der Waals surface area contributed by atoms with Crippen molar-refractivity contribution in [1.29, 1.82) is 0 Å². The molecule has 6 heteroatoms. The molecule has 0 bridgehead atoms. The van der Waals surface area contributed by atoms with Gasteiger partial charge >= 0.3 is 5.97 Å². The highest BCUT2D eigenvalue weighted by molar-refractivity contribution is 9.10. The molecule has 1 amide bonds. The number of hydrogen-bond donors (Lipinski definition) is 1. The molecule has 0 aliphatic heterocycles. The first kappa shape index (κ1) is 17.0. The van der Waals surface area contributed by atoms with Crippen molar-refractivity contribution in [2.45, 2.75) is 18.7 Å². The van der Waals surface area contributed by atoms with Crippen LogP contribution in [0.3, 0.4) is 0 Å². The van der Waals surface area contributed by atoms with Crippen molar-refractivity contribution in [2.75, 3.05) is 19.3 Å². The summed E-state index contributed by atoms with van der Waals surface area (Å²) in [5, 5.41) is 8.84. The standard InChI is InChI=1S/C14H18BrNO3S/c1-9-6-11(15)4-5-12(9)20-8-13(17)16(3)7-10(2)14(18)19/h4-6,10H,7-8H2,1-3H3,(H,18,19). The molecule has 0 fully saturated rings. The molecule has 0 heterocycles. The largest absolute Gasteiger partial charge is 0.481 e. The van der Waals surface area contributed by atoms with Gasteiger partial charge in [-0.3, -0.25) is 9.59 Å². The molecule has 0 saturated carbocycles. The van der Waals surface area contributed by atoms with Gasteiger partial charge in [0.15, 0.2) is 0 Å². The number of aliphatic carboxylic acids is 1.